The number of piperidine rings is 1. The number of carbonyl (C=O) groups is 1. The third-order valence-corrected chi connectivity index (χ3v) is 5.59. The Morgan fingerprint density at radius 1 is 1.18 bits per heavy atom. The predicted molar refractivity (Wildman–Crippen MR) is 105 cm³/mol. The first kappa shape index (κ1) is 16.8. The highest BCUT2D eigenvalue weighted by atomic mass is 16.3. The van der Waals surface area contributed by atoms with Gasteiger partial charge in [0.1, 0.15) is 5.52 Å². The average molecular weight is 376 g/mol. The number of imidazole rings is 1. The summed E-state index contributed by atoms with van der Waals surface area (Å²) in [5.74, 6) is 0.976. The van der Waals surface area contributed by atoms with E-state index in [1.165, 1.54) is 4.57 Å². The molecule has 1 amide bonds. The fourth-order valence-corrected chi connectivity index (χ4v) is 3.95. The van der Waals surface area contributed by atoms with Crippen molar-refractivity contribution in [1.82, 2.24) is 19.4 Å². The Bertz CT molecular complexity index is 1210. The molecule has 3 heterocycles. The van der Waals surface area contributed by atoms with Crippen LogP contribution in [0.3, 0.4) is 0 Å². The second-order valence-corrected chi connectivity index (χ2v) is 7.31. The minimum Gasteiger partial charge on any atom is -0.440 e. The number of fused-ring (bicyclic) bond motifs is 2. The van der Waals surface area contributed by atoms with E-state index < -0.39 is 0 Å². The lowest BCUT2D eigenvalue weighted by atomic mass is 9.96. The van der Waals surface area contributed by atoms with Crippen molar-refractivity contribution in [3.05, 3.63) is 64.4 Å². The summed E-state index contributed by atoms with van der Waals surface area (Å²) >= 11 is 0. The van der Waals surface area contributed by atoms with E-state index in [2.05, 4.69) is 9.97 Å². The molecule has 0 atom stereocenters. The second kappa shape index (κ2) is 6.37. The summed E-state index contributed by atoms with van der Waals surface area (Å²) in [6.45, 7) is 1.32. The SMILES string of the molecule is Cn1c(=O)[nH]c2cc(C(=O)N3CCC(c4nc5ccccc5o4)CC3)ccc21. The first-order valence-electron chi connectivity index (χ1n) is 9.43. The van der Waals surface area contributed by atoms with E-state index in [4.69, 9.17) is 4.42 Å². The van der Waals surface area contributed by atoms with Gasteiger partial charge in [-0.1, -0.05) is 12.1 Å². The number of nitrogens with one attached hydrogen (secondary N) is 1. The Labute approximate surface area is 160 Å². The summed E-state index contributed by atoms with van der Waals surface area (Å²) in [7, 11) is 1.71. The quantitative estimate of drug-likeness (QED) is 0.583. The number of amides is 1. The van der Waals surface area contributed by atoms with Gasteiger partial charge in [-0.3, -0.25) is 9.36 Å². The molecule has 0 unspecified atom stereocenters. The second-order valence-electron chi connectivity index (χ2n) is 7.31. The number of hydrogen-bond acceptors (Lipinski definition) is 4. The van der Waals surface area contributed by atoms with Crippen LogP contribution in [-0.2, 0) is 7.05 Å². The summed E-state index contributed by atoms with van der Waals surface area (Å²) in [6, 6.07) is 13.1. The van der Waals surface area contributed by atoms with Gasteiger partial charge >= 0.3 is 5.69 Å². The Kier molecular flexibility index (Phi) is 3.82. The van der Waals surface area contributed by atoms with Gasteiger partial charge in [0.15, 0.2) is 11.5 Å². The van der Waals surface area contributed by atoms with Crippen molar-refractivity contribution in [2.75, 3.05) is 13.1 Å². The molecule has 0 spiro atoms. The first-order valence-corrected chi connectivity index (χ1v) is 9.43. The summed E-state index contributed by atoms with van der Waals surface area (Å²) < 4.78 is 7.44. The maximum Gasteiger partial charge on any atom is 0.326 e. The molecular formula is C21H20N4O3. The van der Waals surface area contributed by atoms with Gasteiger partial charge in [0.25, 0.3) is 5.91 Å². The van der Waals surface area contributed by atoms with E-state index in [1.54, 1.807) is 19.2 Å². The maximum atomic E-state index is 12.9. The maximum absolute atomic E-state index is 12.9. The summed E-state index contributed by atoms with van der Waals surface area (Å²) in [5.41, 5.74) is 3.56. The van der Waals surface area contributed by atoms with E-state index in [9.17, 15) is 9.59 Å². The summed E-state index contributed by atoms with van der Waals surface area (Å²) in [5, 5.41) is 0. The van der Waals surface area contributed by atoms with Crippen molar-refractivity contribution >= 4 is 28.0 Å². The minimum atomic E-state index is -0.182. The number of hydrogen-bond donors (Lipinski definition) is 1. The molecular weight excluding hydrogens is 356 g/mol. The molecule has 1 N–H and O–H groups in total. The number of carbonyl (C=O) groups excluding carboxylic acids is 1. The fraction of sp³-hybridized carbons (Fsp3) is 0.286. The largest absolute Gasteiger partial charge is 0.440 e. The van der Waals surface area contributed by atoms with E-state index in [1.807, 2.05) is 35.2 Å². The number of oxazole rings is 1. The number of H-pyrrole nitrogens is 1. The van der Waals surface area contributed by atoms with Crippen molar-refractivity contribution in [3.8, 4) is 0 Å². The molecule has 5 rings (SSSR count). The molecule has 1 saturated heterocycles. The molecule has 4 aromatic rings. The Balaban J connectivity index is 1.32. The molecule has 7 nitrogen and oxygen atoms in total. The fourth-order valence-electron chi connectivity index (χ4n) is 3.95. The molecule has 1 fully saturated rings. The van der Waals surface area contributed by atoms with Crippen molar-refractivity contribution < 1.29 is 9.21 Å². The molecule has 0 bridgehead atoms. The molecule has 1 aliphatic rings. The standard InChI is InChI=1S/C21H20N4O3/c1-24-17-7-6-14(12-16(17)23-21(24)27)20(26)25-10-8-13(9-11-25)19-22-15-4-2-3-5-18(15)28-19/h2-7,12-13H,8-11H2,1H3,(H,23,27). The number of likely N-dealkylation sites (tertiary alicyclic amines) is 1. The van der Waals surface area contributed by atoms with Gasteiger partial charge < -0.3 is 14.3 Å². The number of aromatic amines is 1. The van der Waals surface area contributed by atoms with Gasteiger partial charge in [-0.25, -0.2) is 9.78 Å². The lowest BCUT2D eigenvalue weighted by Gasteiger charge is -2.30. The molecule has 0 radical (unpaired) electrons. The van der Waals surface area contributed by atoms with E-state index in [-0.39, 0.29) is 17.5 Å². The van der Waals surface area contributed by atoms with Crippen LogP contribution in [-0.4, -0.2) is 38.4 Å². The molecule has 1 aliphatic heterocycles. The third kappa shape index (κ3) is 2.70. The van der Waals surface area contributed by atoms with Crippen LogP contribution < -0.4 is 5.69 Å². The zero-order chi connectivity index (χ0) is 19.3. The molecule has 2 aromatic heterocycles. The zero-order valence-corrected chi connectivity index (χ0v) is 15.5. The van der Waals surface area contributed by atoms with Crippen LogP contribution in [0.25, 0.3) is 22.1 Å². The molecule has 0 aliphatic carbocycles. The summed E-state index contributed by atoms with van der Waals surface area (Å²) in [4.78, 5) is 33.9. The highest BCUT2D eigenvalue weighted by molar-refractivity contribution is 5.97. The van der Waals surface area contributed by atoms with Crippen LogP contribution in [0, 0.1) is 0 Å². The number of aromatic nitrogens is 3. The van der Waals surface area contributed by atoms with Gasteiger partial charge in [0.2, 0.25) is 0 Å². The van der Waals surface area contributed by atoms with E-state index in [0.717, 1.165) is 35.3 Å². The molecule has 7 heteroatoms. The van der Waals surface area contributed by atoms with Gasteiger partial charge in [-0.2, -0.15) is 0 Å². The highest BCUT2D eigenvalue weighted by Crippen LogP contribution is 2.30. The topological polar surface area (TPSA) is 84.1 Å². The van der Waals surface area contributed by atoms with Crippen LogP contribution in [0.15, 0.2) is 51.7 Å². The lowest BCUT2D eigenvalue weighted by Crippen LogP contribution is -2.38. The van der Waals surface area contributed by atoms with Crippen molar-refractivity contribution in [3.63, 3.8) is 0 Å². The smallest absolute Gasteiger partial charge is 0.326 e. The van der Waals surface area contributed by atoms with Crippen LogP contribution in [0.1, 0.15) is 35.0 Å². The van der Waals surface area contributed by atoms with Gasteiger partial charge in [-0.05, 0) is 43.2 Å². The zero-order valence-electron chi connectivity index (χ0n) is 15.5. The molecule has 28 heavy (non-hydrogen) atoms. The van der Waals surface area contributed by atoms with Crippen LogP contribution in [0.5, 0.6) is 0 Å². The third-order valence-electron chi connectivity index (χ3n) is 5.59. The van der Waals surface area contributed by atoms with E-state index >= 15 is 0 Å². The number of aryl methyl sites for hydroxylation is 1. The normalized spacial score (nSPS) is 15.5. The van der Waals surface area contributed by atoms with Gasteiger partial charge in [0, 0.05) is 31.6 Å². The van der Waals surface area contributed by atoms with E-state index in [0.29, 0.717) is 24.2 Å². The highest BCUT2D eigenvalue weighted by Gasteiger charge is 2.27. The number of rotatable bonds is 2. The number of nitrogens with zero attached hydrogens (tertiary/aromatic N) is 3. The molecule has 2 aromatic carbocycles. The lowest BCUT2D eigenvalue weighted by molar-refractivity contribution is 0.0707. The average Bonchev–Trinajstić information content (AvgIpc) is 3.28. The van der Waals surface area contributed by atoms with Crippen molar-refractivity contribution in [2.45, 2.75) is 18.8 Å². The van der Waals surface area contributed by atoms with Crippen LogP contribution >= 0.6 is 0 Å². The van der Waals surface area contributed by atoms with Crippen molar-refractivity contribution in [2.24, 2.45) is 7.05 Å². The summed E-state index contributed by atoms with van der Waals surface area (Å²) in [6.07, 6.45) is 1.64. The van der Waals surface area contributed by atoms with Crippen LogP contribution in [0.4, 0.5) is 0 Å². The molecule has 142 valence electrons. The van der Waals surface area contributed by atoms with Gasteiger partial charge in [-0.15, -0.1) is 0 Å². The Morgan fingerprint density at radius 2 is 1.96 bits per heavy atom. The van der Waals surface area contributed by atoms with Crippen LogP contribution in [0.2, 0.25) is 0 Å². The van der Waals surface area contributed by atoms with Gasteiger partial charge in [0.05, 0.1) is 11.0 Å². The number of benzene rings is 2. The monoisotopic (exact) mass is 376 g/mol. The Morgan fingerprint density at radius 3 is 2.75 bits per heavy atom. The Hall–Kier alpha value is -3.35. The molecule has 0 saturated carbocycles. The number of para-hydroxylation sites is 2. The minimum absolute atomic E-state index is 0.0115. The predicted octanol–water partition coefficient (Wildman–Crippen LogP) is 3.03. The van der Waals surface area contributed by atoms with Crippen molar-refractivity contribution in [1.29, 1.82) is 0 Å². The first-order chi connectivity index (χ1) is 13.6.